The van der Waals surface area contributed by atoms with Gasteiger partial charge in [0.15, 0.2) is 0 Å². The fourth-order valence-corrected chi connectivity index (χ4v) is 3.66. The van der Waals surface area contributed by atoms with Gasteiger partial charge in [-0.25, -0.2) is 0 Å². The summed E-state index contributed by atoms with van der Waals surface area (Å²) in [6, 6.07) is 6.21. The number of benzene rings is 1. The van der Waals surface area contributed by atoms with E-state index in [-0.39, 0.29) is 11.7 Å². The number of nitrogens with zero attached hydrogens (tertiary/aromatic N) is 1. The lowest BCUT2D eigenvalue weighted by molar-refractivity contribution is -0.274. The molecule has 6 nitrogen and oxygen atoms in total. The molecule has 158 valence electrons. The van der Waals surface area contributed by atoms with E-state index in [1.165, 1.54) is 23.5 Å². The lowest BCUT2D eigenvalue weighted by Crippen LogP contribution is -2.42. The van der Waals surface area contributed by atoms with Gasteiger partial charge in [-0.1, -0.05) is 12.2 Å². The molecule has 1 aromatic heterocycles. The minimum absolute atomic E-state index is 0.169. The summed E-state index contributed by atoms with van der Waals surface area (Å²) in [5, 5.41) is 7.04. The van der Waals surface area contributed by atoms with Crippen molar-refractivity contribution in [2.75, 3.05) is 12.4 Å². The predicted molar refractivity (Wildman–Crippen MR) is 107 cm³/mol. The number of ether oxygens (including phenoxy) is 1. The van der Waals surface area contributed by atoms with Gasteiger partial charge in [-0.2, -0.15) is 0 Å². The van der Waals surface area contributed by atoms with Gasteiger partial charge in [-0.15, -0.1) is 24.5 Å². The molecule has 1 unspecified atom stereocenters. The van der Waals surface area contributed by atoms with E-state index in [9.17, 15) is 22.8 Å². The number of hydrogen-bond donors (Lipinski definition) is 2. The molecule has 0 bridgehead atoms. The Hall–Kier alpha value is -3.27. The van der Waals surface area contributed by atoms with Gasteiger partial charge in [0.25, 0.3) is 5.91 Å². The molecule has 1 aromatic carbocycles. The third-order valence-corrected chi connectivity index (χ3v) is 5.16. The Balaban J connectivity index is 1.69. The summed E-state index contributed by atoms with van der Waals surface area (Å²) >= 11 is 1.24. The zero-order chi connectivity index (χ0) is 21.7. The van der Waals surface area contributed by atoms with Crippen molar-refractivity contribution in [2.45, 2.75) is 18.9 Å². The largest absolute Gasteiger partial charge is 0.573 e. The lowest BCUT2D eigenvalue weighted by Gasteiger charge is -2.29. The van der Waals surface area contributed by atoms with Crippen molar-refractivity contribution in [1.29, 1.82) is 0 Å². The number of thiophene rings is 1. The number of carbonyl (C=O) groups excluding carboxylic acids is 2. The molecule has 0 saturated heterocycles. The van der Waals surface area contributed by atoms with Crippen molar-refractivity contribution in [3.63, 3.8) is 0 Å². The van der Waals surface area contributed by atoms with Crippen LogP contribution in [-0.4, -0.2) is 36.2 Å². The molecule has 0 saturated carbocycles. The molecule has 1 atom stereocenters. The van der Waals surface area contributed by atoms with Crippen LogP contribution in [0, 0.1) is 0 Å². The summed E-state index contributed by atoms with van der Waals surface area (Å²) in [6.07, 6.45) is 2.34. The molecule has 1 aliphatic rings. The number of allylic oxidation sites excluding steroid dienone is 2. The molecular weight excluding hydrogens is 419 g/mol. The molecular formula is C20H18F3N3O3S. The van der Waals surface area contributed by atoms with Crippen LogP contribution >= 0.6 is 11.3 Å². The molecule has 0 radical (unpaired) electrons. The number of carbonyl (C=O) groups is 2. The van der Waals surface area contributed by atoms with E-state index >= 15 is 0 Å². The summed E-state index contributed by atoms with van der Waals surface area (Å²) in [5.41, 5.74) is 1.06. The minimum Gasteiger partial charge on any atom is -0.406 e. The third kappa shape index (κ3) is 5.41. The lowest BCUT2D eigenvalue weighted by atomic mass is 10.1. The molecule has 3 rings (SSSR count). The normalized spacial score (nSPS) is 15.7. The first-order chi connectivity index (χ1) is 14.3. The first kappa shape index (κ1) is 21.4. The summed E-state index contributed by atoms with van der Waals surface area (Å²) in [5.74, 6) is -0.932. The smallest absolute Gasteiger partial charge is 0.406 e. The van der Waals surface area contributed by atoms with Gasteiger partial charge < -0.3 is 20.3 Å². The Labute approximate surface area is 174 Å². The van der Waals surface area contributed by atoms with E-state index in [1.807, 2.05) is 0 Å². The van der Waals surface area contributed by atoms with E-state index in [1.54, 1.807) is 47.8 Å². The molecule has 0 aliphatic carbocycles. The highest BCUT2D eigenvalue weighted by atomic mass is 32.1. The van der Waals surface area contributed by atoms with E-state index in [2.05, 4.69) is 15.4 Å². The zero-order valence-electron chi connectivity index (χ0n) is 15.8. The Bertz CT molecular complexity index is 968. The number of amides is 2. The van der Waals surface area contributed by atoms with E-state index in [4.69, 9.17) is 0 Å². The highest BCUT2D eigenvalue weighted by Gasteiger charge is 2.31. The third-order valence-electron chi connectivity index (χ3n) is 4.21. The highest BCUT2D eigenvalue weighted by molar-refractivity contribution is 7.12. The van der Waals surface area contributed by atoms with Crippen molar-refractivity contribution in [3.05, 3.63) is 70.6 Å². The summed E-state index contributed by atoms with van der Waals surface area (Å²) in [7, 11) is 1.56. The van der Waals surface area contributed by atoms with Gasteiger partial charge in [0.05, 0.1) is 4.88 Å². The van der Waals surface area contributed by atoms with Crippen LogP contribution < -0.4 is 15.4 Å². The number of alkyl halides is 3. The second kappa shape index (κ2) is 9.04. The first-order valence-corrected chi connectivity index (χ1v) is 9.70. The summed E-state index contributed by atoms with van der Waals surface area (Å²) in [4.78, 5) is 27.0. The first-order valence-electron chi connectivity index (χ1n) is 8.82. The molecule has 2 aromatic rings. The van der Waals surface area contributed by atoms with Gasteiger partial charge in [0, 0.05) is 25.5 Å². The standard InChI is InChI=1S/C20H18F3N3O3S/c1-24-18(27)16-4-2-3-10-26(16)12-13-9-11-30-17(13)19(28)25-14-5-7-15(8-6-14)29-20(21,22)23/h2-11,16H,12H2,1H3,(H,24,27)(H,25,28). The van der Waals surface area contributed by atoms with E-state index in [0.29, 0.717) is 17.1 Å². The van der Waals surface area contributed by atoms with Crippen LogP contribution in [0.4, 0.5) is 18.9 Å². The van der Waals surface area contributed by atoms with Crippen LogP contribution in [0.5, 0.6) is 5.75 Å². The van der Waals surface area contributed by atoms with Crippen molar-refractivity contribution >= 4 is 28.8 Å². The molecule has 2 amide bonds. The summed E-state index contributed by atoms with van der Waals surface area (Å²) in [6.45, 7) is 0.337. The molecule has 0 fully saturated rings. The van der Waals surface area contributed by atoms with Crippen molar-refractivity contribution < 1.29 is 27.5 Å². The van der Waals surface area contributed by atoms with Crippen LogP contribution in [0.2, 0.25) is 0 Å². The fraction of sp³-hybridized carbons (Fsp3) is 0.200. The maximum atomic E-state index is 12.7. The maximum absolute atomic E-state index is 12.7. The van der Waals surface area contributed by atoms with E-state index < -0.39 is 18.3 Å². The monoisotopic (exact) mass is 437 g/mol. The van der Waals surface area contributed by atoms with Crippen LogP contribution in [0.25, 0.3) is 0 Å². The van der Waals surface area contributed by atoms with Crippen molar-refractivity contribution in [1.82, 2.24) is 10.2 Å². The van der Waals surface area contributed by atoms with Crippen LogP contribution in [-0.2, 0) is 11.3 Å². The van der Waals surface area contributed by atoms with Gasteiger partial charge in [-0.05, 0) is 47.4 Å². The predicted octanol–water partition coefficient (Wildman–Crippen LogP) is 3.90. The Morgan fingerprint density at radius 1 is 1.17 bits per heavy atom. The molecule has 2 N–H and O–H groups in total. The van der Waals surface area contributed by atoms with Gasteiger partial charge in [0.2, 0.25) is 5.91 Å². The van der Waals surface area contributed by atoms with Gasteiger partial charge in [0.1, 0.15) is 11.8 Å². The second-order valence-electron chi connectivity index (χ2n) is 6.26. The highest BCUT2D eigenvalue weighted by Crippen LogP contribution is 2.26. The van der Waals surface area contributed by atoms with Gasteiger partial charge in [-0.3, -0.25) is 9.59 Å². The van der Waals surface area contributed by atoms with Crippen LogP contribution in [0.1, 0.15) is 15.2 Å². The Morgan fingerprint density at radius 2 is 1.90 bits per heavy atom. The molecule has 1 aliphatic heterocycles. The number of likely N-dealkylation sites (N-methyl/N-ethyl adjacent to an activating group) is 1. The zero-order valence-corrected chi connectivity index (χ0v) is 16.6. The van der Waals surface area contributed by atoms with E-state index in [0.717, 1.165) is 17.7 Å². The topological polar surface area (TPSA) is 70.7 Å². The summed E-state index contributed by atoms with van der Waals surface area (Å²) < 4.78 is 40.6. The van der Waals surface area contributed by atoms with Crippen LogP contribution in [0.15, 0.2) is 60.1 Å². The van der Waals surface area contributed by atoms with Crippen molar-refractivity contribution in [3.8, 4) is 5.75 Å². The maximum Gasteiger partial charge on any atom is 0.573 e. The van der Waals surface area contributed by atoms with Gasteiger partial charge >= 0.3 is 6.36 Å². The van der Waals surface area contributed by atoms with Crippen LogP contribution in [0.3, 0.4) is 0 Å². The average Bonchev–Trinajstić information content (AvgIpc) is 3.16. The fourth-order valence-electron chi connectivity index (χ4n) is 2.85. The quantitative estimate of drug-likeness (QED) is 0.719. The minimum atomic E-state index is -4.78. The Morgan fingerprint density at radius 3 is 2.57 bits per heavy atom. The molecule has 2 heterocycles. The molecule has 30 heavy (non-hydrogen) atoms. The number of halogens is 3. The number of rotatable bonds is 6. The SMILES string of the molecule is CNC(=O)C1C=CC=CN1Cc1ccsc1C(=O)Nc1ccc(OC(F)(F)F)cc1. The second-order valence-corrected chi connectivity index (χ2v) is 7.18. The number of hydrogen-bond acceptors (Lipinski definition) is 5. The number of anilines is 1. The molecule has 10 heteroatoms. The average molecular weight is 437 g/mol. The Kier molecular flexibility index (Phi) is 6.46. The number of nitrogens with one attached hydrogen (secondary N) is 2. The molecule has 0 spiro atoms. The van der Waals surface area contributed by atoms with Crippen molar-refractivity contribution in [2.24, 2.45) is 0 Å².